The van der Waals surface area contributed by atoms with Crippen molar-refractivity contribution in [1.29, 1.82) is 0 Å². The molecule has 0 aliphatic heterocycles. The lowest BCUT2D eigenvalue weighted by atomic mass is 9.69. The van der Waals surface area contributed by atoms with Crippen LogP contribution in [0.2, 0.25) is 0 Å². The Hall–Kier alpha value is -0.630. The zero-order valence-electron chi connectivity index (χ0n) is 8.25. The molecular weight excluding hydrogens is 164 g/mol. The highest BCUT2D eigenvalue weighted by Crippen LogP contribution is 2.37. The third kappa shape index (κ3) is 1.99. The van der Waals surface area contributed by atoms with Crippen LogP contribution < -0.4 is 0 Å². The molecule has 0 aromatic carbocycles. The Kier molecular flexibility index (Phi) is 3.26. The highest BCUT2D eigenvalue weighted by molar-refractivity contribution is 5.85. The second-order valence-corrected chi connectivity index (χ2v) is 4.08. The van der Waals surface area contributed by atoms with Crippen molar-refractivity contribution >= 4 is 5.78 Å². The number of aliphatic hydroxyl groups is 1. The summed E-state index contributed by atoms with van der Waals surface area (Å²) in [6, 6.07) is 0. The van der Waals surface area contributed by atoms with Crippen LogP contribution in [0.5, 0.6) is 0 Å². The van der Waals surface area contributed by atoms with Gasteiger partial charge in [-0.1, -0.05) is 13.0 Å². The van der Waals surface area contributed by atoms with Crippen LogP contribution in [-0.2, 0) is 4.79 Å². The molecule has 1 saturated carbocycles. The SMILES string of the molecule is C=CCC[C@@]1(C)C(=O)CCC[C@H]1O. The van der Waals surface area contributed by atoms with Crippen molar-refractivity contribution in [1.82, 2.24) is 0 Å². The molecule has 0 unspecified atom stereocenters. The van der Waals surface area contributed by atoms with Gasteiger partial charge in [0, 0.05) is 6.42 Å². The molecule has 1 aliphatic rings. The van der Waals surface area contributed by atoms with E-state index in [4.69, 9.17) is 0 Å². The van der Waals surface area contributed by atoms with E-state index in [1.54, 1.807) is 6.08 Å². The molecule has 1 fully saturated rings. The fourth-order valence-electron chi connectivity index (χ4n) is 1.95. The number of hydrogen-bond donors (Lipinski definition) is 1. The van der Waals surface area contributed by atoms with Crippen LogP contribution in [0, 0.1) is 5.41 Å². The molecule has 0 heterocycles. The van der Waals surface area contributed by atoms with Gasteiger partial charge in [0.25, 0.3) is 0 Å². The smallest absolute Gasteiger partial charge is 0.141 e. The Morgan fingerprint density at radius 1 is 1.77 bits per heavy atom. The standard InChI is InChI=1S/C11H18O2/c1-3-4-8-11(2)9(12)6-5-7-10(11)13/h3,9,12H,1,4-8H2,2H3/t9-,11-/m1/s1. The van der Waals surface area contributed by atoms with Gasteiger partial charge >= 0.3 is 0 Å². The summed E-state index contributed by atoms with van der Waals surface area (Å²) in [5.74, 6) is 0.216. The summed E-state index contributed by atoms with van der Waals surface area (Å²) in [6.45, 7) is 5.51. The van der Waals surface area contributed by atoms with Gasteiger partial charge in [-0.15, -0.1) is 6.58 Å². The Labute approximate surface area is 79.6 Å². The zero-order chi connectivity index (χ0) is 9.90. The number of allylic oxidation sites excluding steroid dienone is 1. The lowest BCUT2D eigenvalue weighted by molar-refractivity contribution is -0.139. The van der Waals surface area contributed by atoms with E-state index in [0.29, 0.717) is 6.42 Å². The molecule has 1 aliphatic carbocycles. The van der Waals surface area contributed by atoms with Crippen molar-refractivity contribution < 1.29 is 9.90 Å². The lowest BCUT2D eigenvalue weighted by Gasteiger charge is -2.36. The molecule has 2 atom stereocenters. The topological polar surface area (TPSA) is 37.3 Å². The van der Waals surface area contributed by atoms with Crippen molar-refractivity contribution in [2.75, 3.05) is 0 Å². The van der Waals surface area contributed by atoms with E-state index in [0.717, 1.165) is 25.7 Å². The van der Waals surface area contributed by atoms with Crippen LogP contribution in [0.4, 0.5) is 0 Å². The van der Waals surface area contributed by atoms with Crippen molar-refractivity contribution in [3.8, 4) is 0 Å². The lowest BCUT2D eigenvalue weighted by Crippen LogP contribution is -2.43. The van der Waals surface area contributed by atoms with Crippen LogP contribution in [0.3, 0.4) is 0 Å². The van der Waals surface area contributed by atoms with Crippen molar-refractivity contribution in [2.45, 2.75) is 45.1 Å². The maximum atomic E-state index is 11.6. The largest absolute Gasteiger partial charge is 0.392 e. The van der Waals surface area contributed by atoms with E-state index in [9.17, 15) is 9.90 Å². The number of hydrogen-bond acceptors (Lipinski definition) is 2. The predicted octanol–water partition coefficient (Wildman–Crippen LogP) is 2.07. The van der Waals surface area contributed by atoms with E-state index < -0.39 is 11.5 Å². The molecule has 0 saturated heterocycles. The minimum Gasteiger partial charge on any atom is -0.392 e. The van der Waals surface area contributed by atoms with Crippen LogP contribution in [0.1, 0.15) is 39.0 Å². The van der Waals surface area contributed by atoms with Crippen LogP contribution in [-0.4, -0.2) is 17.0 Å². The minimum atomic E-state index is -0.507. The van der Waals surface area contributed by atoms with Crippen LogP contribution in [0.25, 0.3) is 0 Å². The van der Waals surface area contributed by atoms with Gasteiger partial charge in [-0.25, -0.2) is 0 Å². The van der Waals surface area contributed by atoms with Gasteiger partial charge in [0.1, 0.15) is 5.78 Å². The van der Waals surface area contributed by atoms with E-state index in [-0.39, 0.29) is 5.78 Å². The first-order chi connectivity index (χ1) is 6.11. The molecule has 0 aromatic heterocycles. The summed E-state index contributed by atoms with van der Waals surface area (Å²) in [7, 11) is 0. The maximum absolute atomic E-state index is 11.6. The van der Waals surface area contributed by atoms with E-state index in [2.05, 4.69) is 6.58 Å². The molecule has 2 nitrogen and oxygen atoms in total. The summed E-state index contributed by atoms with van der Waals surface area (Å²) in [5.41, 5.74) is -0.507. The predicted molar refractivity (Wildman–Crippen MR) is 52.4 cm³/mol. The number of Topliss-reactive ketones (excluding diaryl/α,β-unsaturated/α-hetero) is 1. The average molecular weight is 182 g/mol. The molecule has 1 N–H and O–H groups in total. The fourth-order valence-corrected chi connectivity index (χ4v) is 1.95. The van der Waals surface area contributed by atoms with Crippen molar-refractivity contribution in [3.63, 3.8) is 0 Å². The third-order valence-corrected chi connectivity index (χ3v) is 3.12. The van der Waals surface area contributed by atoms with Crippen LogP contribution in [0.15, 0.2) is 12.7 Å². The summed E-state index contributed by atoms with van der Waals surface area (Å²) in [5, 5.41) is 9.77. The first-order valence-electron chi connectivity index (χ1n) is 4.93. The van der Waals surface area contributed by atoms with Gasteiger partial charge in [-0.3, -0.25) is 4.79 Å². The maximum Gasteiger partial charge on any atom is 0.141 e. The van der Waals surface area contributed by atoms with Crippen LogP contribution >= 0.6 is 0 Å². The van der Waals surface area contributed by atoms with Gasteiger partial charge in [0.15, 0.2) is 0 Å². The molecule has 0 bridgehead atoms. The Bertz CT molecular complexity index is 210. The van der Waals surface area contributed by atoms with E-state index in [1.807, 2.05) is 6.92 Å². The quantitative estimate of drug-likeness (QED) is 0.678. The first-order valence-corrected chi connectivity index (χ1v) is 4.93. The molecule has 0 spiro atoms. The fraction of sp³-hybridized carbons (Fsp3) is 0.727. The molecule has 0 amide bonds. The monoisotopic (exact) mass is 182 g/mol. The molecule has 1 rings (SSSR count). The third-order valence-electron chi connectivity index (χ3n) is 3.12. The van der Waals surface area contributed by atoms with Crippen molar-refractivity contribution in [2.24, 2.45) is 5.41 Å². The van der Waals surface area contributed by atoms with Gasteiger partial charge in [0.05, 0.1) is 11.5 Å². The molecule has 0 radical (unpaired) electrons. The normalized spacial score (nSPS) is 34.6. The Balaban J connectivity index is 2.69. The highest BCUT2D eigenvalue weighted by Gasteiger charge is 2.41. The Morgan fingerprint density at radius 2 is 2.46 bits per heavy atom. The van der Waals surface area contributed by atoms with Crippen molar-refractivity contribution in [3.05, 3.63) is 12.7 Å². The molecular formula is C11H18O2. The van der Waals surface area contributed by atoms with Gasteiger partial charge in [-0.2, -0.15) is 0 Å². The Morgan fingerprint density at radius 3 is 3.00 bits per heavy atom. The van der Waals surface area contributed by atoms with E-state index in [1.165, 1.54) is 0 Å². The number of rotatable bonds is 3. The number of aliphatic hydroxyl groups excluding tert-OH is 1. The molecule has 13 heavy (non-hydrogen) atoms. The summed E-state index contributed by atoms with van der Waals surface area (Å²) < 4.78 is 0. The summed E-state index contributed by atoms with van der Waals surface area (Å²) in [4.78, 5) is 11.6. The second-order valence-electron chi connectivity index (χ2n) is 4.08. The summed E-state index contributed by atoms with van der Waals surface area (Å²) >= 11 is 0. The van der Waals surface area contributed by atoms with Gasteiger partial charge < -0.3 is 5.11 Å². The molecule has 0 aromatic rings. The second kappa shape index (κ2) is 4.05. The van der Waals surface area contributed by atoms with E-state index >= 15 is 0 Å². The number of carbonyl (C=O) groups excluding carboxylic acids is 1. The molecule has 2 heteroatoms. The minimum absolute atomic E-state index is 0.216. The van der Waals surface area contributed by atoms with Gasteiger partial charge in [-0.05, 0) is 25.7 Å². The summed E-state index contributed by atoms with van der Waals surface area (Å²) in [6.07, 6.45) is 5.12. The molecule has 74 valence electrons. The first kappa shape index (κ1) is 10.5. The van der Waals surface area contributed by atoms with Gasteiger partial charge in [0.2, 0.25) is 0 Å². The number of carbonyl (C=O) groups is 1. The number of ketones is 1. The zero-order valence-corrected chi connectivity index (χ0v) is 8.25. The highest BCUT2D eigenvalue weighted by atomic mass is 16.3. The average Bonchev–Trinajstić information content (AvgIpc) is 2.11.